The summed E-state index contributed by atoms with van der Waals surface area (Å²) in [6.45, 7) is 3.84. The first-order valence-corrected chi connectivity index (χ1v) is 3.95. The molecule has 0 fully saturated rings. The molecule has 1 aromatic heterocycles. The minimum atomic E-state index is -0.998. The van der Waals surface area contributed by atoms with Gasteiger partial charge in [-0.05, 0) is 17.5 Å². The summed E-state index contributed by atoms with van der Waals surface area (Å²) >= 11 is 1.14. The van der Waals surface area contributed by atoms with Gasteiger partial charge >= 0.3 is 5.97 Å². The van der Waals surface area contributed by atoms with E-state index in [0.717, 1.165) is 16.4 Å². The molecule has 0 aliphatic rings. The smallest absolute Gasteiger partial charge is 0.357 e. The van der Waals surface area contributed by atoms with Crippen molar-refractivity contribution in [2.24, 2.45) is 0 Å². The molecule has 1 N–H and O–H groups in total. The highest BCUT2D eigenvalue weighted by Crippen LogP contribution is 2.20. The number of hydrogen-bond acceptors (Lipinski definition) is 4. The maximum atomic E-state index is 10.5. The molecular formula is C6H8N2O2S. The van der Waals surface area contributed by atoms with Crippen LogP contribution in [0.4, 0.5) is 0 Å². The highest BCUT2D eigenvalue weighted by molar-refractivity contribution is 7.05. The molecule has 0 aliphatic carbocycles. The minimum absolute atomic E-state index is 0.0880. The molecule has 0 saturated heterocycles. The Bertz CT molecular complexity index is 269. The molecule has 0 aliphatic heterocycles. The predicted octanol–water partition coefficient (Wildman–Crippen LogP) is 1.36. The molecule has 0 amide bonds. The first-order valence-electron chi connectivity index (χ1n) is 3.18. The highest BCUT2D eigenvalue weighted by Gasteiger charge is 2.16. The molecule has 0 aromatic carbocycles. The Balaban J connectivity index is 3.06. The quantitative estimate of drug-likeness (QED) is 0.731. The van der Waals surface area contributed by atoms with E-state index in [4.69, 9.17) is 5.11 Å². The van der Waals surface area contributed by atoms with Crippen molar-refractivity contribution in [1.82, 2.24) is 9.59 Å². The predicted molar refractivity (Wildman–Crippen MR) is 41.0 cm³/mol. The van der Waals surface area contributed by atoms with Crippen molar-refractivity contribution >= 4 is 17.5 Å². The Labute approximate surface area is 68.0 Å². The van der Waals surface area contributed by atoms with E-state index in [1.165, 1.54) is 0 Å². The zero-order valence-corrected chi connectivity index (χ0v) is 7.05. The van der Waals surface area contributed by atoms with Crippen molar-refractivity contribution in [3.63, 3.8) is 0 Å². The van der Waals surface area contributed by atoms with Crippen LogP contribution < -0.4 is 0 Å². The van der Waals surface area contributed by atoms with Crippen LogP contribution in [-0.4, -0.2) is 20.7 Å². The van der Waals surface area contributed by atoms with Gasteiger partial charge in [-0.3, -0.25) is 0 Å². The number of aromatic carboxylic acids is 1. The Morgan fingerprint density at radius 1 is 1.64 bits per heavy atom. The fraction of sp³-hybridized carbons (Fsp3) is 0.500. The molecule has 0 radical (unpaired) electrons. The van der Waals surface area contributed by atoms with E-state index in [2.05, 4.69) is 9.59 Å². The largest absolute Gasteiger partial charge is 0.476 e. The second-order valence-electron chi connectivity index (χ2n) is 2.45. The fourth-order valence-electron chi connectivity index (χ4n) is 0.725. The monoisotopic (exact) mass is 172 g/mol. The molecule has 11 heavy (non-hydrogen) atoms. The van der Waals surface area contributed by atoms with Crippen molar-refractivity contribution in [1.29, 1.82) is 0 Å². The van der Waals surface area contributed by atoms with Crippen LogP contribution in [0.25, 0.3) is 0 Å². The van der Waals surface area contributed by atoms with E-state index in [1.54, 1.807) is 0 Å². The molecule has 0 unspecified atom stereocenters. The molecular weight excluding hydrogens is 164 g/mol. The van der Waals surface area contributed by atoms with Crippen LogP contribution in [-0.2, 0) is 0 Å². The third-order valence-electron chi connectivity index (χ3n) is 1.24. The standard InChI is InChI=1S/C6H8N2O2S/c1-3(2)5-4(6(9)10)7-8-11-5/h3H,1-2H3,(H,9,10). The summed E-state index contributed by atoms with van der Waals surface area (Å²) in [7, 11) is 0. The van der Waals surface area contributed by atoms with E-state index in [0.29, 0.717) is 0 Å². The van der Waals surface area contributed by atoms with Gasteiger partial charge in [0.2, 0.25) is 0 Å². The molecule has 1 rings (SSSR count). The molecule has 1 aromatic rings. The van der Waals surface area contributed by atoms with Gasteiger partial charge in [0.15, 0.2) is 5.69 Å². The summed E-state index contributed by atoms with van der Waals surface area (Å²) < 4.78 is 3.58. The maximum absolute atomic E-state index is 10.5. The van der Waals surface area contributed by atoms with Crippen LogP contribution >= 0.6 is 11.5 Å². The normalized spacial score (nSPS) is 10.5. The molecule has 0 saturated carbocycles. The lowest BCUT2D eigenvalue weighted by molar-refractivity contribution is 0.0689. The van der Waals surface area contributed by atoms with Crippen LogP contribution in [0.3, 0.4) is 0 Å². The van der Waals surface area contributed by atoms with Gasteiger partial charge in [0.25, 0.3) is 0 Å². The Morgan fingerprint density at radius 3 is 2.64 bits per heavy atom. The summed E-state index contributed by atoms with van der Waals surface area (Å²) in [6, 6.07) is 0. The topological polar surface area (TPSA) is 63.1 Å². The highest BCUT2D eigenvalue weighted by atomic mass is 32.1. The third-order valence-corrected chi connectivity index (χ3v) is 2.27. The van der Waals surface area contributed by atoms with Crippen molar-refractivity contribution in [2.75, 3.05) is 0 Å². The summed E-state index contributed by atoms with van der Waals surface area (Å²) in [6.07, 6.45) is 0. The zero-order valence-electron chi connectivity index (χ0n) is 6.24. The minimum Gasteiger partial charge on any atom is -0.476 e. The molecule has 0 atom stereocenters. The van der Waals surface area contributed by atoms with E-state index in [-0.39, 0.29) is 11.6 Å². The molecule has 60 valence electrons. The van der Waals surface area contributed by atoms with Gasteiger partial charge in [-0.2, -0.15) is 0 Å². The van der Waals surface area contributed by atoms with Gasteiger partial charge in [0.05, 0.1) is 4.88 Å². The number of carboxylic acid groups (broad SMARTS) is 1. The van der Waals surface area contributed by atoms with Crippen molar-refractivity contribution in [2.45, 2.75) is 19.8 Å². The van der Waals surface area contributed by atoms with Gasteiger partial charge in [-0.1, -0.05) is 18.3 Å². The summed E-state index contributed by atoms with van der Waals surface area (Å²) in [5, 5.41) is 12.1. The van der Waals surface area contributed by atoms with Crippen LogP contribution in [0, 0.1) is 0 Å². The van der Waals surface area contributed by atoms with Crippen molar-refractivity contribution in [3.8, 4) is 0 Å². The number of hydrogen-bond donors (Lipinski definition) is 1. The number of carbonyl (C=O) groups is 1. The van der Waals surface area contributed by atoms with E-state index < -0.39 is 5.97 Å². The Hall–Kier alpha value is -0.970. The maximum Gasteiger partial charge on any atom is 0.357 e. The summed E-state index contributed by atoms with van der Waals surface area (Å²) in [5.74, 6) is -0.816. The molecule has 0 bridgehead atoms. The van der Waals surface area contributed by atoms with Crippen molar-refractivity contribution in [3.05, 3.63) is 10.6 Å². The first kappa shape index (κ1) is 8.13. The average Bonchev–Trinajstić information content (AvgIpc) is 2.32. The average molecular weight is 172 g/mol. The van der Waals surface area contributed by atoms with Crippen LogP contribution in [0.2, 0.25) is 0 Å². The van der Waals surface area contributed by atoms with Gasteiger partial charge < -0.3 is 5.11 Å². The van der Waals surface area contributed by atoms with E-state index in [9.17, 15) is 4.79 Å². The third kappa shape index (κ3) is 1.54. The Kier molecular flexibility index (Phi) is 2.19. The van der Waals surface area contributed by atoms with Crippen LogP contribution in [0.15, 0.2) is 0 Å². The lowest BCUT2D eigenvalue weighted by Gasteiger charge is -1.98. The van der Waals surface area contributed by atoms with Gasteiger partial charge in [0, 0.05) is 0 Å². The zero-order chi connectivity index (χ0) is 8.43. The fourth-order valence-corrected chi connectivity index (χ4v) is 1.36. The van der Waals surface area contributed by atoms with Crippen molar-refractivity contribution < 1.29 is 9.90 Å². The van der Waals surface area contributed by atoms with E-state index >= 15 is 0 Å². The Morgan fingerprint density at radius 2 is 2.27 bits per heavy atom. The summed E-state index contributed by atoms with van der Waals surface area (Å²) in [4.78, 5) is 11.2. The molecule has 1 heterocycles. The lowest BCUT2D eigenvalue weighted by atomic mass is 10.1. The number of aromatic nitrogens is 2. The SMILES string of the molecule is CC(C)c1snnc1C(=O)O. The number of nitrogens with zero attached hydrogens (tertiary/aromatic N) is 2. The van der Waals surface area contributed by atoms with Gasteiger partial charge in [-0.25, -0.2) is 4.79 Å². The van der Waals surface area contributed by atoms with Crippen LogP contribution in [0.5, 0.6) is 0 Å². The number of carboxylic acids is 1. The second-order valence-corrected chi connectivity index (χ2v) is 3.23. The first-order chi connectivity index (χ1) is 5.13. The second kappa shape index (κ2) is 2.96. The summed E-state index contributed by atoms with van der Waals surface area (Å²) in [5.41, 5.74) is 0.0880. The molecule has 4 nitrogen and oxygen atoms in total. The lowest BCUT2D eigenvalue weighted by Crippen LogP contribution is -2.01. The van der Waals surface area contributed by atoms with E-state index in [1.807, 2.05) is 13.8 Å². The van der Waals surface area contributed by atoms with Gasteiger partial charge in [0.1, 0.15) is 0 Å². The molecule has 0 spiro atoms. The molecule has 5 heteroatoms. The van der Waals surface area contributed by atoms with Gasteiger partial charge in [-0.15, -0.1) is 5.10 Å². The number of rotatable bonds is 2. The van der Waals surface area contributed by atoms with Crippen LogP contribution in [0.1, 0.15) is 35.1 Å².